The standard InChI is InChI=1S/C17H21N3OS/c1-2-15-18-14-9-5-4-8-13(14)17(19-15)22-12-16(21)20-10-6-3-7-11-20/h4-5,8-9H,2-3,6-7,10-12H2,1H3. The summed E-state index contributed by atoms with van der Waals surface area (Å²) in [5, 5.41) is 1.96. The van der Waals surface area contributed by atoms with Gasteiger partial charge in [-0.25, -0.2) is 9.97 Å². The number of thioether (sulfide) groups is 1. The van der Waals surface area contributed by atoms with Crippen molar-refractivity contribution in [1.29, 1.82) is 0 Å². The Hall–Kier alpha value is -1.62. The lowest BCUT2D eigenvalue weighted by Crippen LogP contribution is -2.36. The third kappa shape index (κ3) is 3.40. The fourth-order valence-electron chi connectivity index (χ4n) is 2.73. The zero-order valence-electron chi connectivity index (χ0n) is 12.9. The van der Waals surface area contributed by atoms with Gasteiger partial charge in [0.2, 0.25) is 5.91 Å². The van der Waals surface area contributed by atoms with Crippen molar-refractivity contribution in [2.45, 2.75) is 37.6 Å². The molecule has 22 heavy (non-hydrogen) atoms. The summed E-state index contributed by atoms with van der Waals surface area (Å²) >= 11 is 1.54. The van der Waals surface area contributed by atoms with Crippen molar-refractivity contribution in [3.8, 4) is 0 Å². The van der Waals surface area contributed by atoms with Gasteiger partial charge in [-0.15, -0.1) is 0 Å². The van der Waals surface area contributed by atoms with Crippen LogP contribution in [-0.4, -0.2) is 39.6 Å². The topological polar surface area (TPSA) is 46.1 Å². The largest absolute Gasteiger partial charge is 0.342 e. The van der Waals surface area contributed by atoms with Crippen molar-refractivity contribution >= 4 is 28.6 Å². The number of carbonyl (C=O) groups excluding carboxylic acids is 1. The highest BCUT2D eigenvalue weighted by atomic mass is 32.2. The Morgan fingerprint density at radius 1 is 1.18 bits per heavy atom. The molecule has 1 aliphatic heterocycles. The number of aryl methyl sites for hydroxylation is 1. The van der Waals surface area contributed by atoms with Crippen LogP contribution in [0.3, 0.4) is 0 Å². The molecule has 1 fully saturated rings. The highest BCUT2D eigenvalue weighted by Crippen LogP contribution is 2.26. The molecular formula is C17H21N3OS. The van der Waals surface area contributed by atoms with E-state index in [0.29, 0.717) is 5.75 Å². The second-order valence-electron chi connectivity index (χ2n) is 5.55. The molecular weight excluding hydrogens is 294 g/mol. The Kier molecular flexibility index (Phi) is 4.93. The van der Waals surface area contributed by atoms with Gasteiger partial charge in [-0.3, -0.25) is 4.79 Å². The van der Waals surface area contributed by atoms with Gasteiger partial charge in [-0.05, 0) is 25.3 Å². The van der Waals surface area contributed by atoms with E-state index < -0.39 is 0 Å². The number of aromatic nitrogens is 2. The maximum atomic E-state index is 12.3. The van der Waals surface area contributed by atoms with Gasteiger partial charge >= 0.3 is 0 Å². The molecule has 0 aliphatic carbocycles. The van der Waals surface area contributed by atoms with Gasteiger partial charge < -0.3 is 4.90 Å². The molecule has 1 aromatic carbocycles. The molecule has 0 N–H and O–H groups in total. The number of benzene rings is 1. The molecule has 1 aliphatic rings. The Morgan fingerprint density at radius 3 is 2.73 bits per heavy atom. The van der Waals surface area contributed by atoms with E-state index >= 15 is 0 Å². The Bertz CT molecular complexity index is 668. The van der Waals surface area contributed by atoms with Gasteiger partial charge in [0.05, 0.1) is 11.3 Å². The summed E-state index contributed by atoms with van der Waals surface area (Å²) in [6, 6.07) is 8.02. The molecule has 0 radical (unpaired) electrons. The number of likely N-dealkylation sites (tertiary alicyclic amines) is 1. The van der Waals surface area contributed by atoms with Crippen LogP contribution in [0.4, 0.5) is 0 Å². The van der Waals surface area contributed by atoms with Crippen LogP contribution in [-0.2, 0) is 11.2 Å². The van der Waals surface area contributed by atoms with Crippen LogP contribution in [0, 0.1) is 0 Å². The number of nitrogens with zero attached hydrogens (tertiary/aromatic N) is 3. The van der Waals surface area contributed by atoms with E-state index in [1.165, 1.54) is 18.2 Å². The predicted octanol–water partition coefficient (Wildman–Crippen LogP) is 3.30. The normalized spacial score (nSPS) is 15.2. The number of fused-ring (bicyclic) bond motifs is 1. The molecule has 2 aromatic rings. The third-order valence-corrected chi connectivity index (χ3v) is 4.95. The number of hydrogen-bond acceptors (Lipinski definition) is 4. The average molecular weight is 315 g/mol. The molecule has 0 spiro atoms. The lowest BCUT2D eigenvalue weighted by Gasteiger charge is -2.26. The quantitative estimate of drug-likeness (QED) is 0.641. The highest BCUT2D eigenvalue weighted by molar-refractivity contribution is 8.00. The molecule has 0 bridgehead atoms. The fourth-order valence-corrected chi connectivity index (χ4v) is 3.67. The first-order valence-electron chi connectivity index (χ1n) is 7.94. The van der Waals surface area contributed by atoms with Crippen LogP contribution in [0.2, 0.25) is 0 Å². The minimum atomic E-state index is 0.227. The summed E-state index contributed by atoms with van der Waals surface area (Å²) in [5.74, 6) is 1.53. The summed E-state index contributed by atoms with van der Waals surface area (Å²) < 4.78 is 0. The van der Waals surface area contributed by atoms with Gasteiger partial charge in [0.25, 0.3) is 0 Å². The predicted molar refractivity (Wildman–Crippen MR) is 90.1 cm³/mol. The Morgan fingerprint density at radius 2 is 1.95 bits per heavy atom. The molecule has 116 valence electrons. The van der Waals surface area contributed by atoms with Crippen LogP contribution in [0.1, 0.15) is 32.0 Å². The van der Waals surface area contributed by atoms with Gasteiger partial charge in [-0.1, -0.05) is 36.9 Å². The maximum Gasteiger partial charge on any atom is 0.232 e. The molecule has 1 amide bonds. The molecule has 1 aromatic heterocycles. The Balaban J connectivity index is 1.76. The first-order chi connectivity index (χ1) is 10.8. The Labute approximate surface area is 135 Å². The molecule has 0 saturated carbocycles. The van der Waals surface area contributed by atoms with E-state index in [4.69, 9.17) is 0 Å². The van der Waals surface area contributed by atoms with Crippen molar-refractivity contribution in [2.75, 3.05) is 18.8 Å². The number of carbonyl (C=O) groups is 1. The molecule has 0 atom stereocenters. The molecule has 4 nitrogen and oxygen atoms in total. The average Bonchev–Trinajstić information content (AvgIpc) is 2.59. The molecule has 5 heteroatoms. The van der Waals surface area contributed by atoms with Crippen molar-refractivity contribution in [3.05, 3.63) is 30.1 Å². The van der Waals surface area contributed by atoms with E-state index in [1.807, 2.05) is 29.2 Å². The maximum absolute atomic E-state index is 12.3. The third-order valence-electron chi connectivity index (χ3n) is 3.97. The highest BCUT2D eigenvalue weighted by Gasteiger charge is 2.17. The molecule has 0 unspecified atom stereocenters. The lowest BCUT2D eigenvalue weighted by molar-refractivity contribution is -0.129. The summed E-state index contributed by atoms with van der Waals surface area (Å²) in [6.45, 7) is 3.87. The summed E-state index contributed by atoms with van der Waals surface area (Å²) in [7, 11) is 0. The lowest BCUT2D eigenvalue weighted by atomic mass is 10.1. The smallest absolute Gasteiger partial charge is 0.232 e. The van der Waals surface area contributed by atoms with Crippen LogP contribution in [0.15, 0.2) is 29.3 Å². The van der Waals surface area contributed by atoms with Crippen LogP contribution in [0.25, 0.3) is 10.9 Å². The zero-order chi connectivity index (χ0) is 15.4. The van der Waals surface area contributed by atoms with Gasteiger partial charge in [-0.2, -0.15) is 0 Å². The fraction of sp³-hybridized carbons (Fsp3) is 0.471. The van der Waals surface area contributed by atoms with E-state index in [1.54, 1.807) is 0 Å². The molecule has 2 heterocycles. The second kappa shape index (κ2) is 7.09. The van der Waals surface area contributed by atoms with Crippen LogP contribution >= 0.6 is 11.8 Å². The van der Waals surface area contributed by atoms with Crippen molar-refractivity contribution < 1.29 is 4.79 Å². The molecule has 3 rings (SSSR count). The summed E-state index contributed by atoms with van der Waals surface area (Å²) in [4.78, 5) is 23.5. The van der Waals surface area contributed by atoms with Gasteiger partial charge in [0.15, 0.2) is 0 Å². The van der Waals surface area contributed by atoms with E-state index in [2.05, 4.69) is 16.9 Å². The number of amides is 1. The number of hydrogen-bond donors (Lipinski definition) is 0. The van der Waals surface area contributed by atoms with Gasteiger partial charge in [0, 0.05) is 24.9 Å². The van der Waals surface area contributed by atoms with E-state index in [9.17, 15) is 4.79 Å². The van der Waals surface area contributed by atoms with E-state index in [0.717, 1.165) is 54.1 Å². The van der Waals surface area contributed by atoms with Crippen LogP contribution < -0.4 is 0 Å². The van der Waals surface area contributed by atoms with Crippen molar-refractivity contribution in [1.82, 2.24) is 14.9 Å². The minimum Gasteiger partial charge on any atom is -0.342 e. The first-order valence-corrected chi connectivity index (χ1v) is 8.92. The second-order valence-corrected chi connectivity index (χ2v) is 6.51. The first kappa shape index (κ1) is 15.3. The summed E-state index contributed by atoms with van der Waals surface area (Å²) in [6.07, 6.45) is 4.31. The van der Waals surface area contributed by atoms with Crippen LogP contribution in [0.5, 0.6) is 0 Å². The number of para-hydroxylation sites is 1. The zero-order valence-corrected chi connectivity index (χ0v) is 13.7. The summed E-state index contributed by atoms with van der Waals surface area (Å²) in [5.41, 5.74) is 0.960. The minimum absolute atomic E-state index is 0.227. The van der Waals surface area contributed by atoms with Gasteiger partial charge in [0.1, 0.15) is 10.9 Å². The number of piperidine rings is 1. The monoisotopic (exact) mass is 315 g/mol. The number of rotatable bonds is 4. The van der Waals surface area contributed by atoms with Crippen molar-refractivity contribution in [3.63, 3.8) is 0 Å². The molecule has 1 saturated heterocycles. The van der Waals surface area contributed by atoms with E-state index in [-0.39, 0.29) is 5.91 Å². The van der Waals surface area contributed by atoms with Crippen molar-refractivity contribution in [2.24, 2.45) is 0 Å². The SMILES string of the molecule is CCc1nc(SCC(=O)N2CCCCC2)c2ccccc2n1.